The van der Waals surface area contributed by atoms with Gasteiger partial charge in [-0.15, -0.1) is 0 Å². The Balaban J connectivity index is 2.73. The first-order chi connectivity index (χ1) is 8.19. The van der Waals surface area contributed by atoms with Crippen molar-refractivity contribution in [3.8, 4) is 11.5 Å². The van der Waals surface area contributed by atoms with Crippen LogP contribution in [-0.2, 0) is 0 Å². The van der Waals surface area contributed by atoms with E-state index in [2.05, 4.69) is 6.92 Å². The van der Waals surface area contributed by atoms with Gasteiger partial charge in [-0.2, -0.15) is 0 Å². The molecule has 0 aliphatic rings. The molecule has 0 saturated heterocycles. The van der Waals surface area contributed by atoms with Gasteiger partial charge in [0.2, 0.25) is 0 Å². The quantitative estimate of drug-likeness (QED) is 0.581. The van der Waals surface area contributed by atoms with E-state index >= 15 is 0 Å². The molecular formula is C14H20O3. The lowest BCUT2D eigenvalue weighted by Gasteiger charge is -2.07. The molecule has 0 saturated carbocycles. The van der Waals surface area contributed by atoms with Gasteiger partial charge in [-0.3, -0.25) is 4.79 Å². The van der Waals surface area contributed by atoms with Crippen LogP contribution in [0.15, 0.2) is 18.2 Å². The molecule has 0 heterocycles. The summed E-state index contributed by atoms with van der Waals surface area (Å²) in [5.41, 5.74) is 0.368. The fourth-order valence-electron chi connectivity index (χ4n) is 1.67. The Morgan fingerprint density at radius 1 is 1.29 bits per heavy atom. The molecule has 0 radical (unpaired) electrons. The minimum atomic E-state index is -0.0162. The van der Waals surface area contributed by atoms with Crippen molar-refractivity contribution in [3.63, 3.8) is 0 Å². The SMILES string of the molecule is CCCCCC(=O)c1cc(OCC)ccc1O. The molecular weight excluding hydrogens is 216 g/mol. The molecule has 17 heavy (non-hydrogen) atoms. The Morgan fingerprint density at radius 2 is 2.06 bits per heavy atom. The van der Waals surface area contributed by atoms with Gasteiger partial charge in [-0.05, 0) is 31.5 Å². The van der Waals surface area contributed by atoms with E-state index in [0.717, 1.165) is 19.3 Å². The molecule has 3 heteroatoms. The molecule has 0 bridgehead atoms. The monoisotopic (exact) mass is 236 g/mol. The van der Waals surface area contributed by atoms with E-state index < -0.39 is 0 Å². The van der Waals surface area contributed by atoms with E-state index in [-0.39, 0.29) is 11.5 Å². The van der Waals surface area contributed by atoms with Crippen molar-refractivity contribution in [1.29, 1.82) is 0 Å². The van der Waals surface area contributed by atoms with E-state index in [0.29, 0.717) is 24.3 Å². The third-order valence-electron chi connectivity index (χ3n) is 2.59. The van der Waals surface area contributed by atoms with Crippen LogP contribution in [0.3, 0.4) is 0 Å². The van der Waals surface area contributed by atoms with Gasteiger partial charge in [0, 0.05) is 6.42 Å². The van der Waals surface area contributed by atoms with E-state index in [1.165, 1.54) is 6.07 Å². The Morgan fingerprint density at radius 3 is 2.71 bits per heavy atom. The van der Waals surface area contributed by atoms with Crippen molar-refractivity contribution in [2.45, 2.75) is 39.5 Å². The first-order valence-electron chi connectivity index (χ1n) is 6.18. The smallest absolute Gasteiger partial charge is 0.166 e. The Bertz CT molecular complexity index is 372. The predicted octanol–water partition coefficient (Wildman–Crippen LogP) is 3.55. The molecule has 0 unspecified atom stereocenters. The van der Waals surface area contributed by atoms with Crippen molar-refractivity contribution in [2.75, 3.05) is 6.61 Å². The Hall–Kier alpha value is -1.51. The molecule has 0 amide bonds. The summed E-state index contributed by atoms with van der Waals surface area (Å²) in [5, 5.41) is 9.65. The van der Waals surface area contributed by atoms with Crippen LogP contribution >= 0.6 is 0 Å². The summed E-state index contributed by atoms with van der Waals surface area (Å²) < 4.78 is 5.31. The zero-order valence-corrected chi connectivity index (χ0v) is 10.5. The zero-order chi connectivity index (χ0) is 12.7. The summed E-state index contributed by atoms with van der Waals surface area (Å²) in [6, 6.07) is 4.80. The van der Waals surface area contributed by atoms with Gasteiger partial charge in [0.05, 0.1) is 12.2 Å². The maximum Gasteiger partial charge on any atom is 0.166 e. The van der Waals surface area contributed by atoms with Crippen LogP contribution in [0.5, 0.6) is 11.5 Å². The maximum atomic E-state index is 11.9. The molecule has 0 atom stereocenters. The average Bonchev–Trinajstić information content (AvgIpc) is 2.32. The molecule has 94 valence electrons. The highest BCUT2D eigenvalue weighted by molar-refractivity contribution is 5.98. The minimum absolute atomic E-state index is 0.0162. The third kappa shape index (κ3) is 4.10. The lowest BCUT2D eigenvalue weighted by Crippen LogP contribution is -2.01. The maximum absolute atomic E-state index is 11.9. The van der Waals surface area contributed by atoms with Crippen LogP contribution < -0.4 is 4.74 Å². The van der Waals surface area contributed by atoms with Crippen LogP contribution in [0, 0.1) is 0 Å². The van der Waals surface area contributed by atoms with Crippen molar-refractivity contribution in [1.82, 2.24) is 0 Å². The average molecular weight is 236 g/mol. The molecule has 1 aromatic rings. The molecule has 1 aromatic carbocycles. The number of rotatable bonds is 7. The van der Waals surface area contributed by atoms with E-state index in [1.807, 2.05) is 6.92 Å². The number of phenolic OH excluding ortho intramolecular Hbond substituents is 1. The summed E-state index contributed by atoms with van der Waals surface area (Å²) in [6.45, 7) is 4.53. The van der Waals surface area contributed by atoms with Gasteiger partial charge >= 0.3 is 0 Å². The van der Waals surface area contributed by atoms with Crippen LogP contribution in [0.25, 0.3) is 0 Å². The molecule has 0 aromatic heterocycles. The number of hydrogen-bond acceptors (Lipinski definition) is 3. The van der Waals surface area contributed by atoms with E-state index in [1.54, 1.807) is 12.1 Å². The fourth-order valence-corrected chi connectivity index (χ4v) is 1.67. The lowest BCUT2D eigenvalue weighted by molar-refractivity contribution is 0.0976. The van der Waals surface area contributed by atoms with Gasteiger partial charge in [0.1, 0.15) is 11.5 Å². The van der Waals surface area contributed by atoms with Crippen molar-refractivity contribution in [3.05, 3.63) is 23.8 Å². The van der Waals surface area contributed by atoms with Crippen molar-refractivity contribution < 1.29 is 14.6 Å². The predicted molar refractivity (Wildman–Crippen MR) is 67.7 cm³/mol. The van der Waals surface area contributed by atoms with Crippen LogP contribution in [-0.4, -0.2) is 17.5 Å². The number of carbonyl (C=O) groups is 1. The van der Waals surface area contributed by atoms with Gasteiger partial charge in [0.15, 0.2) is 5.78 Å². The summed E-state index contributed by atoms with van der Waals surface area (Å²) in [7, 11) is 0. The highest BCUT2D eigenvalue weighted by Gasteiger charge is 2.11. The molecule has 3 nitrogen and oxygen atoms in total. The first-order valence-corrected chi connectivity index (χ1v) is 6.18. The normalized spacial score (nSPS) is 10.2. The molecule has 1 N–H and O–H groups in total. The van der Waals surface area contributed by atoms with E-state index in [4.69, 9.17) is 4.74 Å². The fraction of sp³-hybridized carbons (Fsp3) is 0.500. The van der Waals surface area contributed by atoms with Crippen LogP contribution in [0.4, 0.5) is 0 Å². The summed E-state index contributed by atoms with van der Waals surface area (Å²) in [5.74, 6) is 0.650. The minimum Gasteiger partial charge on any atom is -0.507 e. The summed E-state index contributed by atoms with van der Waals surface area (Å²) in [6.07, 6.45) is 3.47. The second kappa shape index (κ2) is 6.94. The largest absolute Gasteiger partial charge is 0.507 e. The second-order valence-corrected chi connectivity index (χ2v) is 3.99. The zero-order valence-electron chi connectivity index (χ0n) is 10.5. The highest BCUT2D eigenvalue weighted by atomic mass is 16.5. The van der Waals surface area contributed by atoms with Gasteiger partial charge < -0.3 is 9.84 Å². The number of ketones is 1. The molecule has 0 fully saturated rings. The first kappa shape index (κ1) is 13.6. The molecule has 0 spiro atoms. The number of carbonyl (C=O) groups excluding carboxylic acids is 1. The third-order valence-corrected chi connectivity index (χ3v) is 2.59. The number of unbranched alkanes of at least 4 members (excludes halogenated alkanes) is 2. The van der Waals surface area contributed by atoms with Gasteiger partial charge in [-0.25, -0.2) is 0 Å². The summed E-state index contributed by atoms with van der Waals surface area (Å²) in [4.78, 5) is 11.9. The topological polar surface area (TPSA) is 46.5 Å². The summed E-state index contributed by atoms with van der Waals surface area (Å²) >= 11 is 0. The number of hydrogen-bond donors (Lipinski definition) is 1. The standard InChI is InChI=1S/C14H20O3/c1-3-5-6-7-13(15)12-10-11(17-4-2)8-9-14(12)16/h8-10,16H,3-7H2,1-2H3. The number of phenols is 1. The lowest BCUT2D eigenvalue weighted by atomic mass is 10.0. The molecule has 1 rings (SSSR count). The van der Waals surface area contributed by atoms with E-state index in [9.17, 15) is 9.90 Å². The number of ether oxygens (including phenoxy) is 1. The number of Topliss-reactive ketones (excluding diaryl/α,β-unsaturated/α-hetero) is 1. The van der Waals surface area contributed by atoms with Gasteiger partial charge in [0.25, 0.3) is 0 Å². The number of aromatic hydroxyl groups is 1. The highest BCUT2D eigenvalue weighted by Crippen LogP contribution is 2.25. The second-order valence-electron chi connectivity index (χ2n) is 3.99. The molecule has 0 aliphatic heterocycles. The van der Waals surface area contributed by atoms with Crippen LogP contribution in [0.2, 0.25) is 0 Å². The van der Waals surface area contributed by atoms with Crippen molar-refractivity contribution in [2.24, 2.45) is 0 Å². The Labute approximate surface area is 102 Å². The molecule has 0 aliphatic carbocycles. The van der Waals surface area contributed by atoms with Crippen LogP contribution in [0.1, 0.15) is 49.9 Å². The van der Waals surface area contributed by atoms with Crippen molar-refractivity contribution >= 4 is 5.78 Å². The Kier molecular flexibility index (Phi) is 5.53. The van der Waals surface area contributed by atoms with Gasteiger partial charge in [-0.1, -0.05) is 19.8 Å². The number of benzene rings is 1.